The highest BCUT2D eigenvalue weighted by Gasteiger charge is 2.29. The highest BCUT2D eigenvalue weighted by Crippen LogP contribution is 2.34. The van der Waals surface area contributed by atoms with Gasteiger partial charge in [-0.2, -0.15) is 5.26 Å². The Hall–Kier alpha value is -1.36. The molecule has 1 atom stereocenters. The molecule has 0 aliphatic rings. The van der Waals surface area contributed by atoms with E-state index in [9.17, 15) is 14.9 Å². The minimum Gasteiger partial charge on any atom is -0.466 e. The van der Waals surface area contributed by atoms with Crippen LogP contribution in [0.15, 0.2) is 5.11 Å². The van der Waals surface area contributed by atoms with Gasteiger partial charge in [0.2, 0.25) is 4.45 Å². The van der Waals surface area contributed by atoms with Crippen LogP contribution in [0.2, 0.25) is 0 Å². The number of carbonyl (C=O) groups is 2. The highest BCUT2D eigenvalue weighted by atomic mass is 32.2. The standard InChI is InChI=1S/C12H18N4O3S2/c1-3-8-20-11(18)21-12(2,9-13)5-4-10(17)19-7-6-15-16-14/h3-8H2,1-2H3. The molecule has 0 radical (unpaired) electrons. The zero-order valence-corrected chi connectivity index (χ0v) is 13.7. The van der Waals surface area contributed by atoms with Crippen molar-refractivity contribution in [2.45, 2.75) is 37.9 Å². The lowest BCUT2D eigenvalue weighted by Gasteiger charge is -2.18. The molecule has 21 heavy (non-hydrogen) atoms. The summed E-state index contributed by atoms with van der Waals surface area (Å²) in [6.45, 7) is 3.71. The van der Waals surface area contributed by atoms with Crippen molar-refractivity contribution in [3.8, 4) is 6.07 Å². The molecule has 0 spiro atoms. The van der Waals surface area contributed by atoms with Crippen LogP contribution >= 0.6 is 23.5 Å². The van der Waals surface area contributed by atoms with Crippen molar-refractivity contribution in [2.24, 2.45) is 5.11 Å². The van der Waals surface area contributed by atoms with E-state index < -0.39 is 10.7 Å². The van der Waals surface area contributed by atoms with Crippen LogP contribution in [0, 0.1) is 11.3 Å². The number of nitrogens with zero attached hydrogens (tertiary/aromatic N) is 4. The Morgan fingerprint density at radius 2 is 2.24 bits per heavy atom. The molecule has 0 saturated heterocycles. The van der Waals surface area contributed by atoms with Gasteiger partial charge in [-0.25, -0.2) is 0 Å². The molecule has 0 aromatic heterocycles. The third-order valence-electron chi connectivity index (χ3n) is 2.29. The van der Waals surface area contributed by atoms with Crippen LogP contribution < -0.4 is 0 Å². The maximum Gasteiger partial charge on any atom is 0.305 e. The molecule has 0 aliphatic heterocycles. The van der Waals surface area contributed by atoms with E-state index in [4.69, 9.17) is 10.3 Å². The van der Waals surface area contributed by atoms with E-state index in [1.54, 1.807) is 6.92 Å². The van der Waals surface area contributed by atoms with Crippen molar-refractivity contribution in [2.75, 3.05) is 18.9 Å². The molecular weight excluding hydrogens is 312 g/mol. The molecule has 0 aliphatic carbocycles. The summed E-state index contributed by atoms with van der Waals surface area (Å²) in [7, 11) is 0. The van der Waals surface area contributed by atoms with Gasteiger partial charge in [0.15, 0.2) is 0 Å². The Kier molecular flexibility index (Phi) is 10.6. The second-order valence-corrected chi connectivity index (χ2v) is 7.02. The molecule has 0 bridgehead atoms. The molecule has 116 valence electrons. The van der Waals surface area contributed by atoms with Gasteiger partial charge >= 0.3 is 5.97 Å². The first-order valence-corrected chi connectivity index (χ1v) is 8.21. The number of hydrogen-bond donors (Lipinski definition) is 0. The minimum atomic E-state index is -0.943. The van der Waals surface area contributed by atoms with Crippen molar-refractivity contribution in [1.82, 2.24) is 0 Å². The molecule has 1 unspecified atom stereocenters. The number of thioether (sulfide) groups is 2. The zero-order chi connectivity index (χ0) is 16.1. The zero-order valence-electron chi connectivity index (χ0n) is 12.1. The molecule has 9 heteroatoms. The summed E-state index contributed by atoms with van der Waals surface area (Å²) in [5.74, 6) is 0.244. The van der Waals surface area contributed by atoms with E-state index >= 15 is 0 Å². The first-order chi connectivity index (χ1) is 9.97. The number of ether oxygens (including phenoxy) is 1. The Bertz CT molecular complexity index is 446. The summed E-state index contributed by atoms with van der Waals surface area (Å²) in [5, 5.41) is 12.4. The molecule has 0 heterocycles. The van der Waals surface area contributed by atoms with Gasteiger partial charge in [0.25, 0.3) is 0 Å². The second-order valence-electron chi connectivity index (χ2n) is 4.22. The van der Waals surface area contributed by atoms with Gasteiger partial charge in [0.05, 0.1) is 19.2 Å². The van der Waals surface area contributed by atoms with E-state index in [-0.39, 0.29) is 30.4 Å². The predicted molar refractivity (Wildman–Crippen MR) is 84.0 cm³/mol. The van der Waals surface area contributed by atoms with Crippen LogP contribution in [0.3, 0.4) is 0 Å². The smallest absolute Gasteiger partial charge is 0.305 e. The lowest BCUT2D eigenvalue weighted by Crippen LogP contribution is -2.21. The summed E-state index contributed by atoms with van der Waals surface area (Å²) < 4.78 is 3.79. The maximum absolute atomic E-state index is 11.7. The molecule has 0 fully saturated rings. The second kappa shape index (κ2) is 11.3. The summed E-state index contributed by atoms with van der Waals surface area (Å²) >= 11 is 2.13. The SMILES string of the molecule is CCCSC(=O)SC(C)(C#N)CCC(=O)OCCN=[N+]=[N-]. The number of nitriles is 1. The molecule has 0 rings (SSSR count). The normalized spacial score (nSPS) is 12.6. The van der Waals surface area contributed by atoms with Crippen molar-refractivity contribution >= 4 is 33.9 Å². The van der Waals surface area contributed by atoms with Crippen LogP contribution in [-0.2, 0) is 9.53 Å². The fraction of sp³-hybridized carbons (Fsp3) is 0.750. The van der Waals surface area contributed by atoms with Crippen LogP contribution in [0.1, 0.15) is 33.1 Å². The Labute approximate surface area is 132 Å². The average molecular weight is 330 g/mol. The molecule has 0 aromatic carbocycles. The van der Waals surface area contributed by atoms with Crippen molar-refractivity contribution in [1.29, 1.82) is 5.26 Å². The predicted octanol–water partition coefficient (Wildman–Crippen LogP) is 3.90. The van der Waals surface area contributed by atoms with Gasteiger partial charge < -0.3 is 4.74 Å². The van der Waals surface area contributed by atoms with E-state index in [0.29, 0.717) is 0 Å². The van der Waals surface area contributed by atoms with Crippen LogP contribution in [-0.4, -0.2) is 34.1 Å². The maximum atomic E-state index is 11.7. The average Bonchev–Trinajstić information content (AvgIpc) is 2.47. The van der Waals surface area contributed by atoms with Crippen LogP contribution in [0.4, 0.5) is 4.79 Å². The molecule has 0 N–H and O–H groups in total. The third kappa shape index (κ3) is 10.1. The van der Waals surface area contributed by atoms with Gasteiger partial charge in [-0.05, 0) is 25.3 Å². The van der Waals surface area contributed by atoms with Crippen molar-refractivity contribution < 1.29 is 14.3 Å². The summed E-state index contributed by atoms with van der Waals surface area (Å²) in [6.07, 6.45) is 1.16. The van der Waals surface area contributed by atoms with E-state index in [1.165, 1.54) is 11.8 Å². The van der Waals surface area contributed by atoms with Crippen molar-refractivity contribution in [3.05, 3.63) is 10.4 Å². The fourth-order valence-electron chi connectivity index (χ4n) is 1.19. The Morgan fingerprint density at radius 3 is 2.81 bits per heavy atom. The lowest BCUT2D eigenvalue weighted by atomic mass is 10.1. The third-order valence-corrected chi connectivity index (χ3v) is 4.66. The van der Waals surface area contributed by atoms with E-state index in [0.717, 1.165) is 23.9 Å². The highest BCUT2D eigenvalue weighted by molar-refractivity contribution is 8.39. The number of carbonyl (C=O) groups excluding carboxylic acids is 2. The molecule has 7 nitrogen and oxygen atoms in total. The molecular formula is C12H18N4O3S2. The summed E-state index contributed by atoms with van der Waals surface area (Å²) in [4.78, 5) is 25.7. The molecule has 0 saturated carbocycles. The molecule has 0 amide bonds. The van der Waals surface area contributed by atoms with Gasteiger partial charge in [-0.1, -0.05) is 35.6 Å². The van der Waals surface area contributed by atoms with Gasteiger partial charge in [0.1, 0.15) is 4.75 Å². The monoisotopic (exact) mass is 330 g/mol. The molecule has 0 aromatic rings. The van der Waals surface area contributed by atoms with E-state index in [1.807, 2.05) is 6.92 Å². The van der Waals surface area contributed by atoms with Gasteiger partial charge in [-0.3, -0.25) is 9.59 Å². The first-order valence-electron chi connectivity index (χ1n) is 6.41. The summed E-state index contributed by atoms with van der Waals surface area (Å²) in [5.41, 5.74) is 8.06. The van der Waals surface area contributed by atoms with Gasteiger partial charge in [0, 0.05) is 17.1 Å². The topological polar surface area (TPSA) is 116 Å². The van der Waals surface area contributed by atoms with Crippen molar-refractivity contribution in [3.63, 3.8) is 0 Å². The number of azide groups is 1. The first kappa shape index (κ1) is 19.6. The fourth-order valence-corrected chi connectivity index (χ4v) is 3.21. The number of rotatable bonds is 9. The van der Waals surface area contributed by atoms with Crippen LogP contribution in [0.5, 0.6) is 0 Å². The quantitative estimate of drug-likeness (QED) is 0.208. The van der Waals surface area contributed by atoms with Crippen LogP contribution in [0.25, 0.3) is 10.4 Å². The number of hydrogen-bond acceptors (Lipinski definition) is 7. The lowest BCUT2D eigenvalue weighted by molar-refractivity contribution is -0.143. The van der Waals surface area contributed by atoms with Gasteiger partial charge in [-0.15, -0.1) is 0 Å². The largest absolute Gasteiger partial charge is 0.466 e. The minimum absolute atomic E-state index is 0.0184. The van der Waals surface area contributed by atoms with E-state index in [2.05, 4.69) is 16.1 Å². The Balaban J connectivity index is 4.17. The number of esters is 1. The Morgan fingerprint density at radius 1 is 1.52 bits per heavy atom. The summed E-state index contributed by atoms with van der Waals surface area (Å²) in [6, 6.07) is 2.07.